The number of hydrogen-bond acceptors (Lipinski definition) is 7. The second kappa shape index (κ2) is 10.1. The number of amides is 1. The van der Waals surface area contributed by atoms with Crippen molar-refractivity contribution in [2.45, 2.75) is 32.8 Å². The smallest absolute Gasteiger partial charge is 0.353 e. The van der Waals surface area contributed by atoms with Crippen LogP contribution in [0, 0.1) is 5.41 Å². The maximum Gasteiger partial charge on any atom is 0.353 e. The van der Waals surface area contributed by atoms with Gasteiger partial charge in [0.2, 0.25) is 5.88 Å². The molecule has 1 aromatic carbocycles. The van der Waals surface area contributed by atoms with Gasteiger partial charge in [-0.25, -0.2) is 14.8 Å². The number of aliphatic imine (C=N–C) groups is 1. The summed E-state index contributed by atoms with van der Waals surface area (Å²) in [6.45, 7) is 3.20. The van der Waals surface area contributed by atoms with E-state index in [-0.39, 0.29) is 23.5 Å². The number of aromatic nitrogens is 3. The van der Waals surface area contributed by atoms with Crippen LogP contribution >= 0.6 is 0 Å². The quantitative estimate of drug-likeness (QED) is 0.274. The zero-order valence-corrected chi connectivity index (χ0v) is 19.2. The molecule has 1 aliphatic carbocycles. The minimum absolute atomic E-state index is 0.0161. The van der Waals surface area contributed by atoms with Gasteiger partial charge in [-0.1, -0.05) is 6.92 Å². The number of Topliss-reactive ketones (excluding diaryl/α,β-unsaturated/α-hetero) is 1. The third-order valence-corrected chi connectivity index (χ3v) is 5.72. The molecule has 2 N–H and O–H groups in total. The zero-order chi connectivity index (χ0) is 24.1. The highest BCUT2D eigenvalue weighted by molar-refractivity contribution is 6.07. The summed E-state index contributed by atoms with van der Waals surface area (Å²) < 4.78 is 17.7. The molecule has 4 rings (SSSR count). The van der Waals surface area contributed by atoms with Gasteiger partial charge in [0.25, 0.3) is 0 Å². The zero-order valence-electron chi connectivity index (χ0n) is 19.2. The lowest BCUT2D eigenvalue weighted by Gasteiger charge is -2.08. The van der Waals surface area contributed by atoms with Gasteiger partial charge >= 0.3 is 6.03 Å². The number of amidine groups is 1. The normalized spacial score (nSPS) is 14.8. The molecule has 0 bridgehead atoms. The molecule has 1 amide bonds. The fourth-order valence-corrected chi connectivity index (χ4v) is 3.36. The Hall–Kier alpha value is -3.63. The fraction of sp³-hybridized carbons (Fsp3) is 0.375. The number of benzene rings is 1. The first kappa shape index (κ1) is 23.5. The number of fused-ring (bicyclic) bond motifs is 1. The van der Waals surface area contributed by atoms with Crippen molar-refractivity contribution >= 4 is 28.6 Å². The predicted octanol–water partition coefficient (Wildman–Crippen LogP) is 3.47. The molecule has 178 valence electrons. The van der Waals surface area contributed by atoms with Crippen molar-refractivity contribution in [1.82, 2.24) is 14.5 Å². The third kappa shape index (κ3) is 5.64. The molecule has 0 atom stereocenters. The summed E-state index contributed by atoms with van der Waals surface area (Å²) in [5.74, 6) is 0.973. The van der Waals surface area contributed by atoms with Crippen LogP contribution in [0.5, 0.6) is 11.6 Å². The third-order valence-electron chi connectivity index (χ3n) is 5.72. The van der Waals surface area contributed by atoms with E-state index in [0.29, 0.717) is 42.7 Å². The van der Waals surface area contributed by atoms with Crippen molar-refractivity contribution in [1.29, 1.82) is 0 Å². The van der Waals surface area contributed by atoms with Crippen LogP contribution in [0.3, 0.4) is 0 Å². The molecule has 0 saturated heterocycles. The highest BCUT2D eigenvalue weighted by Crippen LogP contribution is 2.46. The van der Waals surface area contributed by atoms with Crippen LogP contribution in [-0.4, -0.2) is 52.5 Å². The molecule has 1 fully saturated rings. The summed E-state index contributed by atoms with van der Waals surface area (Å²) in [6.07, 6.45) is 4.72. The highest BCUT2D eigenvalue weighted by atomic mass is 16.5. The minimum atomic E-state index is -0.552. The molecule has 10 nitrogen and oxygen atoms in total. The van der Waals surface area contributed by atoms with Gasteiger partial charge in [-0.2, -0.15) is 4.99 Å². The van der Waals surface area contributed by atoms with Gasteiger partial charge in [0.1, 0.15) is 23.7 Å². The molecule has 0 radical (unpaired) electrons. The molecule has 3 aromatic rings. The summed E-state index contributed by atoms with van der Waals surface area (Å²) in [5, 5.41) is 0.776. The summed E-state index contributed by atoms with van der Waals surface area (Å²) in [6, 6.07) is 8.20. The van der Waals surface area contributed by atoms with Crippen molar-refractivity contribution < 1.29 is 23.8 Å². The van der Waals surface area contributed by atoms with E-state index in [0.717, 1.165) is 18.2 Å². The first-order valence-electron chi connectivity index (χ1n) is 11.0. The summed E-state index contributed by atoms with van der Waals surface area (Å²) in [5.41, 5.74) is 6.89. The lowest BCUT2D eigenvalue weighted by Crippen LogP contribution is -2.24. The van der Waals surface area contributed by atoms with Crippen LogP contribution in [0.25, 0.3) is 10.9 Å². The first-order chi connectivity index (χ1) is 16.4. The molecule has 10 heteroatoms. The van der Waals surface area contributed by atoms with Gasteiger partial charge < -0.3 is 19.9 Å². The molecule has 34 heavy (non-hydrogen) atoms. The molecule has 0 aliphatic heterocycles. The predicted molar refractivity (Wildman–Crippen MR) is 125 cm³/mol. The molecular weight excluding hydrogens is 438 g/mol. The maximum absolute atomic E-state index is 12.6. The lowest BCUT2D eigenvalue weighted by atomic mass is 10.0. The standard InChI is InChI=1S/C24H27N5O5/c1-24(6-7-24)20(30)13-21(25)28-23(31)29-8-5-16-11-18(3-4-19(16)29)34-22-12-17(26-15-27-22)14-33-10-9-32-2/h3-5,8,11-12,15H,6-7,9-10,13-14H2,1-2H3,(H2,25,28,31). The lowest BCUT2D eigenvalue weighted by molar-refractivity contribution is -0.122. The Morgan fingerprint density at radius 2 is 2.00 bits per heavy atom. The Labute approximate surface area is 196 Å². The van der Waals surface area contributed by atoms with Crippen LogP contribution < -0.4 is 10.5 Å². The van der Waals surface area contributed by atoms with E-state index in [9.17, 15) is 9.59 Å². The number of carbonyl (C=O) groups excluding carboxylic acids is 2. The fourth-order valence-electron chi connectivity index (χ4n) is 3.36. The molecular formula is C24H27N5O5. The van der Waals surface area contributed by atoms with Crippen LogP contribution in [0.2, 0.25) is 0 Å². The number of carbonyl (C=O) groups is 2. The molecule has 1 saturated carbocycles. The molecule has 0 unspecified atom stereocenters. The Morgan fingerprint density at radius 3 is 2.76 bits per heavy atom. The van der Waals surface area contributed by atoms with Crippen molar-refractivity contribution in [3.63, 3.8) is 0 Å². The van der Waals surface area contributed by atoms with E-state index in [1.807, 2.05) is 6.92 Å². The summed E-state index contributed by atoms with van der Waals surface area (Å²) in [4.78, 5) is 37.0. The number of rotatable bonds is 10. The number of ketones is 1. The maximum atomic E-state index is 12.6. The van der Waals surface area contributed by atoms with Crippen molar-refractivity contribution in [3.8, 4) is 11.6 Å². The molecule has 1 aliphatic rings. The second-order valence-corrected chi connectivity index (χ2v) is 8.45. The number of hydrogen-bond donors (Lipinski definition) is 1. The second-order valence-electron chi connectivity index (χ2n) is 8.45. The van der Waals surface area contributed by atoms with Crippen molar-refractivity contribution in [2.75, 3.05) is 20.3 Å². The van der Waals surface area contributed by atoms with E-state index in [2.05, 4.69) is 15.0 Å². The largest absolute Gasteiger partial charge is 0.439 e. The molecule has 2 heterocycles. The number of methoxy groups -OCH3 is 1. The van der Waals surface area contributed by atoms with Crippen molar-refractivity contribution in [3.05, 3.63) is 48.5 Å². The van der Waals surface area contributed by atoms with E-state index < -0.39 is 6.03 Å². The Bertz CT molecular complexity index is 1230. The van der Waals surface area contributed by atoms with E-state index in [4.69, 9.17) is 19.9 Å². The Kier molecular flexibility index (Phi) is 6.99. The van der Waals surface area contributed by atoms with Gasteiger partial charge in [-0.15, -0.1) is 0 Å². The number of ether oxygens (including phenoxy) is 3. The molecule has 0 spiro atoms. The SMILES string of the molecule is COCCOCc1cc(Oc2ccc3c(ccn3C(=O)N=C(N)CC(=O)C3(C)CC3)c2)ncn1. The Balaban J connectivity index is 1.42. The average molecular weight is 466 g/mol. The van der Waals surface area contributed by atoms with Gasteiger partial charge in [-0.05, 0) is 37.1 Å². The van der Waals surface area contributed by atoms with Gasteiger partial charge in [-0.3, -0.25) is 9.36 Å². The summed E-state index contributed by atoms with van der Waals surface area (Å²) in [7, 11) is 1.61. The average Bonchev–Trinajstić information content (AvgIpc) is 3.43. The number of nitrogens with two attached hydrogens (primary N) is 1. The van der Waals surface area contributed by atoms with Crippen molar-refractivity contribution in [2.24, 2.45) is 16.1 Å². The van der Waals surface area contributed by atoms with Crippen LogP contribution in [0.4, 0.5) is 4.79 Å². The molecule has 2 aromatic heterocycles. The topological polar surface area (TPSA) is 131 Å². The Morgan fingerprint density at radius 1 is 1.18 bits per heavy atom. The highest BCUT2D eigenvalue weighted by Gasteiger charge is 2.44. The monoisotopic (exact) mass is 465 g/mol. The van der Waals surface area contributed by atoms with Crippen LogP contribution in [0.1, 0.15) is 31.9 Å². The van der Waals surface area contributed by atoms with Crippen LogP contribution in [-0.2, 0) is 20.9 Å². The summed E-state index contributed by atoms with van der Waals surface area (Å²) >= 11 is 0. The van der Waals surface area contributed by atoms with Gasteiger partial charge in [0.15, 0.2) is 0 Å². The first-order valence-corrected chi connectivity index (χ1v) is 11.0. The van der Waals surface area contributed by atoms with Gasteiger partial charge in [0.05, 0.1) is 37.5 Å². The minimum Gasteiger partial charge on any atom is -0.439 e. The van der Waals surface area contributed by atoms with E-state index in [1.165, 1.54) is 10.9 Å². The van der Waals surface area contributed by atoms with E-state index in [1.54, 1.807) is 43.6 Å². The van der Waals surface area contributed by atoms with E-state index >= 15 is 0 Å². The number of nitrogens with zero attached hydrogens (tertiary/aromatic N) is 4. The van der Waals surface area contributed by atoms with Crippen LogP contribution in [0.15, 0.2) is 47.8 Å². The van der Waals surface area contributed by atoms with Gasteiger partial charge in [0, 0.05) is 30.2 Å².